The van der Waals surface area contributed by atoms with Crippen molar-refractivity contribution in [2.75, 3.05) is 19.8 Å². The Kier molecular flexibility index (Phi) is 8.20. The molecule has 1 fully saturated rings. The van der Waals surface area contributed by atoms with E-state index in [0.29, 0.717) is 6.54 Å². The van der Waals surface area contributed by atoms with Crippen molar-refractivity contribution in [1.29, 1.82) is 0 Å². The summed E-state index contributed by atoms with van der Waals surface area (Å²) in [6, 6.07) is 1.09. The third kappa shape index (κ3) is 5.29. The van der Waals surface area contributed by atoms with E-state index < -0.39 is 42.4 Å². The molecule has 12 heteroatoms. The average molecular weight is 351 g/mol. The van der Waals surface area contributed by atoms with Gasteiger partial charge in [0.15, 0.2) is 6.23 Å². The van der Waals surface area contributed by atoms with Gasteiger partial charge in [-0.3, -0.25) is 18.9 Å². The molecule has 1 aromatic rings. The zero-order valence-corrected chi connectivity index (χ0v) is 12.8. The van der Waals surface area contributed by atoms with Gasteiger partial charge in [0.05, 0.1) is 13.2 Å². The van der Waals surface area contributed by atoms with Gasteiger partial charge in [-0.05, 0) is 0 Å². The standard InChI is InChI=1S/C9H12N2O6.C2H6NO2P/c12-3-4-6(14)7(15)8(17-4)11-2-1-5(13)10-9(11)16;4-2-1-3-6-5/h1-2,4,6-8,12,14-15H,3H2,(H,10,13,16);4H,1-2H2,(H,3,5)/t4-,6-,7-,8-;/m1./s1. The lowest BCUT2D eigenvalue weighted by Crippen LogP contribution is -2.37. The molecule has 0 unspecified atom stereocenters. The molecule has 0 aromatic carbocycles. The average Bonchev–Trinajstić information content (AvgIpc) is 2.81. The molecule has 23 heavy (non-hydrogen) atoms. The molecule has 0 aliphatic carbocycles. The summed E-state index contributed by atoms with van der Waals surface area (Å²) >= 11 is 0. The number of rotatable bonds is 5. The highest BCUT2D eigenvalue weighted by Crippen LogP contribution is 2.27. The van der Waals surface area contributed by atoms with Crippen LogP contribution in [0.15, 0.2) is 21.9 Å². The number of aliphatic hydroxyl groups excluding tert-OH is 4. The lowest BCUT2D eigenvalue weighted by atomic mass is 10.1. The molecular formula is C11H18N3O8P. The van der Waals surface area contributed by atoms with E-state index in [1.165, 1.54) is 0 Å². The summed E-state index contributed by atoms with van der Waals surface area (Å²) in [5, 5.41) is 38.4. The predicted octanol–water partition coefficient (Wildman–Crippen LogP) is -3.08. The summed E-state index contributed by atoms with van der Waals surface area (Å²) in [4.78, 5) is 24.3. The Bertz CT molecular complexity index is 605. The molecular weight excluding hydrogens is 333 g/mol. The fourth-order valence-electron chi connectivity index (χ4n) is 1.83. The fourth-order valence-corrected chi connectivity index (χ4v) is 2.02. The summed E-state index contributed by atoms with van der Waals surface area (Å²) in [6.45, 7) is -0.0485. The number of ether oxygens (including phenoxy) is 1. The quantitative estimate of drug-likeness (QED) is 0.237. The largest absolute Gasteiger partial charge is 0.395 e. The summed E-state index contributed by atoms with van der Waals surface area (Å²) in [5.41, 5.74) is -1.33. The van der Waals surface area contributed by atoms with Crippen LogP contribution >= 0.6 is 8.61 Å². The van der Waals surface area contributed by atoms with Crippen LogP contribution in [-0.4, -0.2) is 68.0 Å². The summed E-state index contributed by atoms with van der Waals surface area (Å²) in [6.07, 6.45) is -3.58. The highest BCUT2D eigenvalue weighted by molar-refractivity contribution is 7.21. The van der Waals surface area contributed by atoms with E-state index in [-0.39, 0.29) is 15.2 Å². The Morgan fingerprint density at radius 3 is 2.43 bits per heavy atom. The number of nitrogens with one attached hydrogen (secondary N) is 2. The van der Waals surface area contributed by atoms with Crippen molar-refractivity contribution in [3.8, 4) is 0 Å². The first kappa shape index (κ1) is 19.6. The van der Waals surface area contributed by atoms with Crippen LogP contribution in [0, 0.1) is 0 Å². The van der Waals surface area contributed by atoms with Crippen molar-refractivity contribution >= 4 is 8.61 Å². The van der Waals surface area contributed by atoms with Gasteiger partial charge in [-0.1, -0.05) is 0 Å². The normalized spacial score (nSPS) is 26.8. The second-order valence-corrected chi connectivity index (χ2v) is 4.97. The Balaban J connectivity index is 0.000000379. The molecule has 2 heterocycles. The second-order valence-electron chi connectivity index (χ2n) is 4.47. The van der Waals surface area contributed by atoms with Crippen molar-refractivity contribution in [2.24, 2.45) is 0 Å². The molecule has 0 radical (unpaired) electrons. The number of H-pyrrole nitrogens is 1. The van der Waals surface area contributed by atoms with E-state index in [4.69, 9.17) is 14.9 Å². The maximum atomic E-state index is 11.4. The van der Waals surface area contributed by atoms with E-state index in [9.17, 15) is 24.4 Å². The first-order valence-electron chi connectivity index (χ1n) is 6.56. The van der Waals surface area contributed by atoms with Crippen LogP contribution in [-0.2, 0) is 9.30 Å². The van der Waals surface area contributed by atoms with E-state index in [2.05, 4.69) is 5.09 Å². The molecule has 4 atom stereocenters. The number of aliphatic hydroxyl groups is 4. The van der Waals surface area contributed by atoms with Crippen LogP contribution in [0.25, 0.3) is 0 Å². The maximum absolute atomic E-state index is 11.4. The lowest BCUT2D eigenvalue weighted by Gasteiger charge is -2.16. The molecule has 0 saturated carbocycles. The summed E-state index contributed by atoms with van der Waals surface area (Å²) in [5.74, 6) is 0. The lowest BCUT2D eigenvalue weighted by molar-refractivity contribution is -0.0550. The van der Waals surface area contributed by atoms with Gasteiger partial charge in [0.25, 0.3) is 5.56 Å². The Morgan fingerprint density at radius 2 is 2.00 bits per heavy atom. The van der Waals surface area contributed by atoms with E-state index >= 15 is 0 Å². The Labute approximate surface area is 131 Å². The topological polar surface area (TPSA) is 174 Å². The molecule has 2 rings (SSSR count). The minimum Gasteiger partial charge on any atom is -0.395 e. The molecule has 130 valence electrons. The zero-order chi connectivity index (χ0) is 17.4. The van der Waals surface area contributed by atoms with Gasteiger partial charge in [-0.2, -0.15) is 0 Å². The van der Waals surface area contributed by atoms with E-state index in [1.807, 2.05) is 4.98 Å². The van der Waals surface area contributed by atoms with Gasteiger partial charge in [-0.25, -0.2) is 9.88 Å². The Hall–Kier alpha value is -1.46. The highest BCUT2D eigenvalue weighted by atomic mass is 31.1. The predicted molar refractivity (Wildman–Crippen MR) is 77.0 cm³/mol. The minimum atomic E-state index is -1.35. The highest BCUT2D eigenvalue weighted by Gasteiger charge is 2.43. The van der Waals surface area contributed by atoms with Crippen molar-refractivity contribution in [2.45, 2.75) is 24.5 Å². The van der Waals surface area contributed by atoms with Gasteiger partial charge >= 0.3 is 5.69 Å². The Morgan fingerprint density at radius 1 is 1.30 bits per heavy atom. The first-order valence-corrected chi connectivity index (χ1v) is 7.37. The third-order valence-corrected chi connectivity index (χ3v) is 3.28. The molecule has 6 N–H and O–H groups in total. The van der Waals surface area contributed by atoms with Gasteiger partial charge in [0.1, 0.15) is 18.3 Å². The third-order valence-electron chi connectivity index (χ3n) is 2.93. The number of aromatic nitrogens is 2. The molecule has 1 aromatic heterocycles. The molecule has 11 nitrogen and oxygen atoms in total. The minimum absolute atomic E-state index is 0.0369. The van der Waals surface area contributed by atoms with Crippen molar-refractivity contribution in [3.05, 3.63) is 33.1 Å². The second kappa shape index (κ2) is 9.63. The zero-order valence-electron chi connectivity index (χ0n) is 11.9. The molecule has 1 saturated heterocycles. The number of aromatic amines is 1. The fraction of sp³-hybridized carbons (Fsp3) is 0.636. The number of nitrogens with zero attached hydrogens (tertiary/aromatic N) is 1. The molecule has 1 aliphatic rings. The monoisotopic (exact) mass is 351 g/mol. The smallest absolute Gasteiger partial charge is 0.330 e. The molecule has 1 aliphatic heterocycles. The van der Waals surface area contributed by atoms with Crippen LogP contribution < -0.4 is 16.3 Å². The van der Waals surface area contributed by atoms with Gasteiger partial charge < -0.3 is 25.2 Å². The molecule has 0 bridgehead atoms. The maximum Gasteiger partial charge on any atom is 0.330 e. The number of hydrogen-bond donors (Lipinski definition) is 6. The van der Waals surface area contributed by atoms with Crippen LogP contribution in [0.4, 0.5) is 0 Å². The molecule has 0 spiro atoms. The van der Waals surface area contributed by atoms with Crippen LogP contribution in [0.5, 0.6) is 0 Å². The van der Waals surface area contributed by atoms with Gasteiger partial charge in [0.2, 0.25) is 8.61 Å². The SMILES string of the molecule is O=PNCCO.O=c1ccn([C@@H]2O[C@H](CO)[C@@H](O)[C@H]2O)c(=O)[nH]1. The van der Waals surface area contributed by atoms with Crippen LogP contribution in [0.2, 0.25) is 0 Å². The van der Waals surface area contributed by atoms with Gasteiger partial charge in [0, 0.05) is 18.8 Å². The van der Waals surface area contributed by atoms with Crippen LogP contribution in [0.3, 0.4) is 0 Å². The summed E-state index contributed by atoms with van der Waals surface area (Å²) in [7, 11) is -0.115. The van der Waals surface area contributed by atoms with Crippen LogP contribution in [0.1, 0.15) is 6.23 Å². The van der Waals surface area contributed by atoms with E-state index in [0.717, 1.165) is 16.8 Å². The summed E-state index contributed by atoms with van der Waals surface area (Å²) < 4.78 is 15.5. The van der Waals surface area contributed by atoms with E-state index in [1.54, 1.807) is 0 Å². The van der Waals surface area contributed by atoms with Crippen molar-refractivity contribution in [1.82, 2.24) is 14.6 Å². The number of hydrogen-bond acceptors (Lipinski definition) is 8. The van der Waals surface area contributed by atoms with Crippen molar-refractivity contribution < 1.29 is 29.7 Å². The first-order chi connectivity index (χ1) is 11.0. The van der Waals surface area contributed by atoms with Crippen molar-refractivity contribution in [3.63, 3.8) is 0 Å². The molecule has 0 amide bonds. The van der Waals surface area contributed by atoms with Gasteiger partial charge in [-0.15, -0.1) is 0 Å².